The third-order valence-electron chi connectivity index (χ3n) is 5.21. The zero-order chi connectivity index (χ0) is 14.4. The number of halogens is 1. The minimum atomic E-state index is 0.316. The van der Waals surface area contributed by atoms with Crippen molar-refractivity contribution in [2.45, 2.75) is 47.5 Å². The Hall–Kier alpha value is -0.830. The molecule has 0 bridgehead atoms. The SMILES string of the molecule is CC(C)c1c(Cl)ncnc1NCC1C(C)(C)C1(C)C. The van der Waals surface area contributed by atoms with Gasteiger partial charge >= 0.3 is 0 Å². The van der Waals surface area contributed by atoms with E-state index < -0.39 is 0 Å². The van der Waals surface area contributed by atoms with Gasteiger partial charge in [0.15, 0.2) is 0 Å². The average Bonchev–Trinajstić information content (AvgIpc) is 2.66. The number of nitrogens with one attached hydrogen (secondary N) is 1. The van der Waals surface area contributed by atoms with Gasteiger partial charge < -0.3 is 5.32 Å². The normalized spacial score (nSPS) is 20.6. The molecule has 1 aliphatic rings. The van der Waals surface area contributed by atoms with Crippen LogP contribution in [0.25, 0.3) is 0 Å². The van der Waals surface area contributed by atoms with Crippen molar-refractivity contribution in [3.05, 3.63) is 17.0 Å². The Morgan fingerprint density at radius 2 is 1.79 bits per heavy atom. The predicted molar refractivity (Wildman–Crippen MR) is 80.7 cm³/mol. The molecule has 1 saturated carbocycles. The monoisotopic (exact) mass is 281 g/mol. The largest absolute Gasteiger partial charge is 0.369 e. The molecule has 0 spiro atoms. The molecule has 0 saturated heterocycles. The topological polar surface area (TPSA) is 37.8 Å². The highest BCUT2D eigenvalue weighted by molar-refractivity contribution is 6.30. The van der Waals surface area contributed by atoms with Crippen LogP contribution in [0.15, 0.2) is 6.33 Å². The summed E-state index contributed by atoms with van der Waals surface area (Å²) in [5, 5.41) is 4.03. The minimum Gasteiger partial charge on any atom is -0.369 e. The summed E-state index contributed by atoms with van der Waals surface area (Å²) in [6.45, 7) is 14.5. The predicted octanol–water partition coefficient (Wildman–Crippen LogP) is 4.35. The van der Waals surface area contributed by atoms with Gasteiger partial charge in [0.1, 0.15) is 17.3 Å². The third-order valence-corrected chi connectivity index (χ3v) is 5.51. The number of hydrogen-bond acceptors (Lipinski definition) is 3. The van der Waals surface area contributed by atoms with Crippen molar-refractivity contribution in [1.82, 2.24) is 9.97 Å². The molecule has 1 aromatic rings. The van der Waals surface area contributed by atoms with Gasteiger partial charge in [-0.05, 0) is 22.7 Å². The first-order valence-corrected chi connectivity index (χ1v) is 7.31. The first kappa shape index (κ1) is 14.6. The van der Waals surface area contributed by atoms with Crippen LogP contribution in [0.5, 0.6) is 0 Å². The lowest BCUT2D eigenvalue weighted by Gasteiger charge is -2.14. The van der Waals surface area contributed by atoms with Gasteiger partial charge in [0.25, 0.3) is 0 Å². The molecule has 3 nitrogen and oxygen atoms in total. The molecular weight excluding hydrogens is 258 g/mol. The smallest absolute Gasteiger partial charge is 0.138 e. The maximum absolute atomic E-state index is 6.18. The van der Waals surface area contributed by atoms with E-state index in [1.807, 2.05) is 0 Å². The molecule has 1 heterocycles. The minimum absolute atomic E-state index is 0.316. The molecule has 0 unspecified atom stereocenters. The molecule has 106 valence electrons. The number of nitrogens with zero attached hydrogens (tertiary/aromatic N) is 2. The Morgan fingerprint density at radius 1 is 1.21 bits per heavy atom. The summed E-state index contributed by atoms with van der Waals surface area (Å²) < 4.78 is 0. The molecule has 2 rings (SSSR count). The number of aromatic nitrogens is 2. The van der Waals surface area contributed by atoms with Crippen LogP contribution in [0, 0.1) is 16.7 Å². The second-order valence-electron chi connectivity index (χ2n) is 6.96. The second kappa shape index (κ2) is 4.62. The highest BCUT2D eigenvalue weighted by Gasteiger charge is 2.64. The Morgan fingerprint density at radius 3 is 2.26 bits per heavy atom. The summed E-state index contributed by atoms with van der Waals surface area (Å²) in [5.74, 6) is 1.86. The van der Waals surface area contributed by atoms with Crippen LogP contribution >= 0.6 is 11.6 Å². The molecule has 0 aliphatic heterocycles. The highest BCUT2D eigenvalue weighted by Crippen LogP contribution is 2.68. The van der Waals surface area contributed by atoms with E-state index in [-0.39, 0.29) is 0 Å². The van der Waals surface area contributed by atoms with Crippen LogP contribution in [0.4, 0.5) is 5.82 Å². The zero-order valence-corrected chi connectivity index (χ0v) is 13.5. The average molecular weight is 282 g/mol. The molecule has 0 radical (unpaired) electrons. The fourth-order valence-electron chi connectivity index (χ4n) is 3.07. The first-order chi connectivity index (χ1) is 8.69. The Balaban J connectivity index is 2.12. The number of rotatable bonds is 4. The van der Waals surface area contributed by atoms with Crippen LogP contribution in [-0.4, -0.2) is 16.5 Å². The van der Waals surface area contributed by atoms with Gasteiger partial charge in [-0.1, -0.05) is 53.1 Å². The van der Waals surface area contributed by atoms with Crippen molar-refractivity contribution in [2.75, 3.05) is 11.9 Å². The maximum Gasteiger partial charge on any atom is 0.138 e. The Kier molecular flexibility index (Phi) is 3.54. The van der Waals surface area contributed by atoms with E-state index in [0.29, 0.717) is 27.8 Å². The van der Waals surface area contributed by atoms with E-state index >= 15 is 0 Å². The fraction of sp³-hybridized carbons (Fsp3) is 0.733. The molecule has 1 fully saturated rings. The molecule has 0 aromatic carbocycles. The summed E-state index contributed by atoms with van der Waals surface area (Å²) in [6, 6.07) is 0. The zero-order valence-electron chi connectivity index (χ0n) is 12.7. The molecule has 4 heteroatoms. The lowest BCUT2D eigenvalue weighted by atomic mass is 10.0. The summed E-state index contributed by atoms with van der Waals surface area (Å²) in [5.41, 5.74) is 1.78. The molecule has 1 aromatic heterocycles. The molecule has 1 N–H and O–H groups in total. The van der Waals surface area contributed by atoms with Gasteiger partial charge in [0.05, 0.1) is 0 Å². The van der Waals surface area contributed by atoms with Crippen molar-refractivity contribution in [3.63, 3.8) is 0 Å². The van der Waals surface area contributed by atoms with E-state index in [4.69, 9.17) is 11.6 Å². The van der Waals surface area contributed by atoms with Gasteiger partial charge in [-0.2, -0.15) is 0 Å². The quantitative estimate of drug-likeness (QED) is 0.834. The van der Waals surface area contributed by atoms with E-state index in [9.17, 15) is 0 Å². The van der Waals surface area contributed by atoms with E-state index in [0.717, 1.165) is 17.9 Å². The summed E-state index contributed by atoms with van der Waals surface area (Å²) in [7, 11) is 0. The van der Waals surface area contributed by atoms with E-state index in [1.165, 1.54) is 6.33 Å². The van der Waals surface area contributed by atoms with Crippen molar-refractivity contribution < 1.29 is 0 Å². The van der Waals surface area contributed by atoms with Crippen molar-refractivity contribution in [3.8, 4) is 0 Å². The summed E-state index contributed by atoms with van der Waals surface area (Å²) in [4.78, 5) is 8.42. The van der Waals surface area contributed by atoms with Gasteiger partial charge in [-0.15, -0.1) is 0 Å². The fourth-order valence-corrected chi connectivity index (χ4v) is 3.42. The molecule has 1 aliphatic carbocycles. The summed E-state index contributed by atoms with van der Waals surface area (Å²) in [6.07, 6.45) is 1.53. The maximum atomic E-state index is 6.18. The Labute approximate surface area is 121 Å². The number of hydrogen-bond donors (Lipinski definition) is 1. The lowest BCUT2D eigenvalue weighted by Crippen LogP contribution is -2.12. The van der Waals surface area contributed by atoms with Crippen molar-refractivity contribution in [2.24, 2.45) is 16.7 Å². The van der Waals surface area contributed by atoms with Crippen LogP contribution in [0.3, 0.4) is 0 Å². The number of anilines is 1. The van der Waals surface area contributed by atoms with E-state index in [2.05, 4.69) is 56.8 Å². The van der Waals surface area contributed by atoms with Gasteiger partial charge in [0.2, 0.25) is 0 Å². The summed E-state index contributed by atoms with van der Waals surface area (Å²) >= 11 is 6.18. The van der Waals surface area contributed by atoms with Crippen LogP contribution in [0.2, 0.25) is 5.15 Å². The van der Waals surface area contributed by atoms with Crippen LogP contribution in [0.1, 0.15) is 53.0 Å². The van der Waals surface area contributed by atoms with Gasteiger partial charge in [-0.25, -0.2) is 9.97 Å². The van der Waals surface area contributed by atoms with Crippen LogP contribution < -0.4 is 5.32 Å². The first-order valence-electron chi connectivity index (χ1n) is 6.94. The second-order valence-corrected chi connectivity index (χ2v) is 7.32. The van der Waals surface area contributed by atoms with E-state index in [1.54, 1.807) is 0 Å². The van der Waals surface area contributed by atoms with Gasteiger partial charge in [0, 0.05) is 12.1 Å². The highest BCUT2D eigenvalue weighted by atomic mass is 35.5. The molecular formula is C15H24ClN3. The standard InChI is InChI=1S/C15H24ClN3/c1-9(2)11-12(16)18-8-19-13(11)17-7-10-14(3,4)15(10,5)6/h8-10H,7H2,1-6H3,(H,17,18,19). The molecule has 19 heavy (non-hydrogen) atoms. The van der Waals surface area contributed by atoms with Gasteiger partial charge in [-0.3, -0.25) is 0 Å². The molecule has 0 atom stereocenters. The van der Waals surface area contributed by atoms with Crippen molar-refractivity contribution in [1.29, 1.82) is 0 Å². The Bertz CT molecular complexity index is 466. The lowest BCUT2D eigenvalue weighted by molar-refractivity contribution is 0.457. The third kappa shape index (κ3) is 2.33. The van der Waals surface area contributed by atoms with Crippen LogP contribution in [-0.2, 0) is 0 Å². The molecule has 0 amide bonds. The van der Waals surface area contributed by atoms with Crippen molar-refractivity contribution >= 4 is 17.4 Å².